The van der Waals surface area contributed by atoms with Crippen LogP contribution in [0.5, 0.6) is 0 Å². The van der Waals surface area contributed by atoms with Gasteiger partial charge in [-0.2, -0.15) is 0 Å². The summed E-state index contributed by atoms with van der Waals surface area (Å²) in [6, 6.07) is 10.9. The van der Waals surface area contributed by atoms with E-state index < -0.39 is 11.4 Å². The number of nitrogens with zero attached hydrogens (tertiary/aromatic N) is 3. The zero-order chi connectivity index (χ0) is 18.7. The van der Waals surface area contributed by atoms with Gasteiger partial charge in [-0.1, -0.05) is 35.0 Å². The number of hydrogen-bond donors (Lipinski definition) is 1. The van der Waals surface area contributed by atoms with Crippen LogP contribution in [-0.2, 0) is 17.8 Å². The van der Waals surface area contributed by atoms with Gasteiger partial charge in [0.25, 0.3) is 5.56 Å². The zero-order valence-corrected chi connectivity index (χ0v) is 14.6. The van der Waals surface area contributed by atoms with Crippen molar-refractivity contribution >= 4 is 16.8 Å². The lowest BCUT2D eigenvalue weighted by molar-refractivity contribution is -0.121. The molecule has 3 rings (SSSR count). The second kappa shape index (κ2) is 7.43. The number of rotatable bonds is 5. The molecular formula is C19H19FN4O2. The van der Waals surface area contributed by atoms with E-state index >= 15 is 0 Å². The van der Waals surface area contributed by atoms with Gasteiger partial charge in [-0.15, -0.1) is 5.10 Å². The van der Waals surface area contributed by atoms with E-state index in [9.17, 15) is 14.0 Å². The van der Waals surface area contributed by atoms with Gasteiger partial charge in [0.1, 0.15) is 12.1 Å². The van der Waals surface area contributed by atoms with Crippen LogP contribution in [0.3, 0.4) is 0 Å². The maximum atomic E-state index is 13.8. The van der Waals surface area contributed by atoms with Gasteiger partial charge >= 0.3 is 0 Å². The highest BCUT2D eigenvalue weighted by Gasteiger charge is 2.12. The fourth-order valence-corrected chi connectivity index (χ4v) is 2.67. The van der Waals surface area contributed by atoms with E-state index in [1.165, 1.54) is 11.6 Å². The van der Waals surface area contributed by atoms with Crippen LogP contribution in [0.25, 0.3) is 10.9 Å². The van der Waals surface area contributed by atoms with Crippen molar-refractivity contribution in [2.75, 3.05) is 6.54 Å². The van der Waals surface area contributed by atoms with Crippen LogP contribution in [0, 0.1) is 19.7 Å². The molecule has 0 aliphatic heterocycles. The minimum atomic E-state index is -0.598. The standard InChI is InChI=1S/C19H19FN4O2/c1-12-3-5-14(6-4-12)7-8-21-17(25)11-24-19(26)15-9-13(2)10-16(20)18(15)22-23-24/h3-6,9-10H,7-8,11H2,1-2H3,(H,21,25). The number of halogens is 1. The fourth-order valence-electron chi connectivity index (χ4n) is 2.67. The van der Waals surface area contributed by atoms with Crippen molar-refractivity contribution < 1.29 is 9.18 Å². The Bertz CT molecular complexity index is 1010. The number of amides is 1. The van der Waals surface area contributed by atoms with E-state index in [0.29, 0.717) is 18.5 Å². The van der Waals surface area contributed by atoms with Crippen molar-refractivity contribution in [3.63, 3.8) is 0 Å². The summed E-state index contributed by atoms with van der Waals surface area (Å²) in [4.78, 5) is 24.5. The molecule has 1 N–H and O–H groups in total. The van der Waals surface area contributed by atoms with Gasteiger partial charge in [-0.3, -0.25) is 9.59 Å². The molecule has 1 aromatic heterocycles. The maximum Gasteiger partial charge on any atom is 0.278 e. The van der Waals surface area contributed by atoms with Crippen LogP contribution in [-0.4, -0.2) is 27.4 Å². The quantitative estimate of drug-likeness (QED) is 0.759. The van der Waals surface area contributed by atoms with E-state index in [1.54, 1.807) is 13.0 Å². The molecule has 0 aliphatic rings. The molecule has 134 valence electrons. The molecule has 0 saturated heterocycles. The molecule has 0 radical (unpaired) electrons. The number of hydrogen-bond acceptors (Lipinski definition) is 4. The van der Waals surface area contributed by atoms with Crippen LogP contribution in [0.2, 0.25) is 0 Å². The van der Waals surface area contributed by atoms with Gasteiger partial charge in [0.15, 0.2) is 5.82 Å². The average Bonchev–Trinajstić information content (AvgIpc) is 2.59. The summed E-state index contributed by atoms with van der Waals surface area (Å²) < 4.78 is 14.8. The lowest BCUT2D eigenvalue weighted by Gasteiger charge is -2.08. The number of benzene rings is 2. The molecule has 0 saturated carbocycles. The third kappa shape index (κ3) is 3.93. The van der Waals surface area contributed by atoms with E-state index in [4.69, 9.17) is 0 Å². The molecule has 6 nitrogen and oxygen atoms in total. The Morgan fingerprint density at radius 3 is 2.62 bits per heavy atom. The molecule has 1 heterocycles. The highest BCUT2D eigenvalue weighted by atomic mass is 19.1. The Kier molecular flexibility index (Phi) is 5.06. The van der Waals surface area contributed by atoms with E-state index in [2.05, 4.69) is 15.6 Å². The van der Waals surface area contributed by atoms with Crippen LogP contribution < -0.4 is 10.9 Å². The molecular weight excluding hydrogens is 335 g/mol. The van der Waals surface area contributed by atoms with Crippen molar-refractivity contribution in [2.45, 2.75) is 26.8 Å². The summed E-state index contributed by atoms with van der Waals surface area (Å²) in [5.41, 5.74) is 2.28. The highest BCUT2D eigenvalue weighted by molar-refractivity contribution is 5.79. The number of carbonyl (C=O) groups excluding carboxylic acids is 1. The molecule has 2 aromatic carbocycles. The Balaban J connectivity index is 1.66. The Morgan fingerprint density at radius 1 is 1.15 bits per heavy atom. The van der Waals surface area contributed by atoms with Crippen LogP contribution >= 0.6 is 0 Å². The van der Waals surface area contributed by atoms with Gasteiger partial charge < -0.3 is 5.32 Å². The first-order valence-corrected chi connectivity index (χ1v) is 8.30. The first kappa shape index (κ1) is 17.7. The normalized spacial score (nSPS) is 10.9. The van der Waals surface area contributed by atoms with Crippen molar-refractivity contribution in [1.82, 2.24) is 20.3 Å². The first-order valence-electron chi connectivity index (χ1n) is 8.30. The predicted molar refractivity (Wildman–Crippen MR) is 96.4 cm³/mol. The summed E-state index contributed by atoms with van der Waals surface area (Å²) >= 11 is 0. The molecule has 0 aliphatic carbocycles. The molecule has 7 heteroatoms. The largest absolute Gasteiger partial charge is 0.354 e. The van der Waals surface area contributed by atoms with Gasteiger partial charge in [-0.25, -0.2) is 9.07 Å². The fraction of sp³-hybridized carbons (Fsp3) is 0.263. The summed E-state index contributed by atoms with van der Waals surface area (Å²) in [7, 11) is 0. The summed E-state index contributed by atoms with van der Waals surface area (Å²) in [5.74, 6) is -0.944. The maximum absolute atomic E-state index is 13.8. The van der Waals surface area contributed by atoms with Crippen molar-refractivity contribution in [3.8, 4) is 0 Å². The number of carbonyl (C=O) groups is 1. The number of aromatic nitrogens is 3. The zero-order valence-electron chi connectivity index (χ0n) is 14.6. The smallest absolute Gasteiger partial charge is 0.278 e. The van der Waals surface area contributed by atoms with Crippen molar-refractivity contribution in [2.24, 2.45) is 0 Å². The third-order valence-electron chi connectivity index (χ3n) is 4.08. The van der Waals surface area contributed by atoms with E-state index in [1.807, 2.05) is 31.2 Å². The van der Waals surface area contributed by atoms with Gasteiger partial charge in [0.05, 0.1) is 5.39 Å². The lowest BCUT2D eigenvalue weighted by Crippen LogP contribution is -2.35. The Labute approximate surface area is 149 Å². The van der Waals surface area contributed by atoms with E-state index in [0.717, 1.165) is 10.2 Å². The van der Waals surface area contributed by atoms with Crippen LogP contribution in [0.1, 0.15) is 16.7 Å². The van der Waals surface area contributed by atoms with Crippen LogP contribution in [0.15, 0.2) is 41.2 Å². The second-order valence-electron chi connectivity index (χ2n) is 6.28. The molecule has 1 amide bonds. The minimum absolute atomic E-state index is 0.0865. The van der Waals surface area contributed by atoms with E-state index in [-0.39, 0.29) is 23.4 Å². The minimum Gasteiger partial charge on any atom is -0.354 e. The monoisotopic (exact) mass is 354 g/mol. The molecule has 0 unspecified atom stereocenters. The number of nitrogens with one attached hydrogen (secondary N) is 1. The Morgan fingerprint density at radius 2 is 1.88 bits per heavy atom. The van der Waals surface area contributed by atoms with Crippen molar-refractivity contribution in [1.29, 1.82) is 0 Å². The lowest BCUT2D eigenvalue weighted by atomic mass is 10.1. The predicted octanol–water partition coefficient (Wildman–Crippen LogP) is 1.91. The Hall–Kier alpha value is -3.09. The highest BCUT2D eigenvalue weighted by Crippen LogP contribution is 2.13. The first-order chi connectivity index (χ1) is 12.4. The third-order valence-corrected chi connectivity index (χ3v) is 4.08. The van der Waals surface area contributed by atoms with Crippen LogP contribution in [0.4, 0.5) is 4.39 Å². The molecule has 0 spiro atoms. The number of fused-ring (bicyclic) bond motifs is 1. The summed E-state index contributed by atoms with van der Waals surface area (Å²) in [6.07, 6.45) is 0.689. The molecule has 3 aromatic rings. The van der Waals surface area contributed by atoms with Gasteiger partial charge in [0.2, 0.25) is 5.91 Å². The SMILES string of the molecule is Cc1ccc(CCNC(=O)Cn2nnc3c(F)cc(C)cc3c2=O)cc1. The molecule has 26 heavy (non-hydrogen) atoms. The second-order valence-corrected chi connectivity index (χ2v) is 6.28. The molecule has 0 fully saturated rings. The summed E-state index contributed by atoms with van der Waals surface area (Å²) in [6.45, 7) is 3.89. The van der Waals surface area contributed by atoms with Gasteiger partial charge in [-0.05, 0) is 43.5 Å². The molecule has 0 bridgehead atoms. The van der Waals surface area contributed by atoms with Gasteiger partial charge in [0, 0.05) is 6.54 Å². The van der Waals surface area contributed by atoms with Crippen molar-refractivity contribution in [3.05, 3.63) is 69.3 Å². The topological polar surface area (TPSA) is 76.9 Å². The molecule has 0 atom stereocenters. The summed E-state index contributed by atoms with van der Waals surface area (Å²) in [5, 5.41) is 10.3. The average molecular weight is 354 g/mol. The number of aryl methyl sites for hydroxylation is 2.